The molecule has 8 heteroatoms. The summed E-state index contributed by atoms with van der Waals surface area (Å²) < 4.78 is 7.19. The van der Waals surface area contributed by atoms with Gasteiger partial charge in [0.1, 0.15) is 33.5 Å². The van der Waals surface area contributed by atoms with Gasteiger partial charge in [0, 0.05) is 13.7 Å². The lowest BCUT2D eigenvalue weighted by atomic mass is 10.2. The number of fused-ring (bicyclic) bond motifs is 3. The van der Waals surface area contributed by atoms with Gasteiger partial charge in [-0.05, 0) is 19.1 Å². The smallest absolute Gasteiger partial charge is 0.275 e. The fourth-order valence-electron chi connectivity index (χ4n) is 2.76. The topological polar surface area (TPSA) is 81.9 Å². The first-order valence-electron chi connectivity index (χ1n) is 8.14. The van der Waals surface area contributed by atoms with Crippen molar-refractivity contribution in [1.82, 2.24) is 19.5 Å². The van der Waals surface area contributed by atoms with Crippen LogP contribution in [0.4, 0.5) is 5.82 Å². The summed E-state index contributed by atoms with van der Waals surface area (Å²) in [5.41, 5.74) is 2.44. The van der Waals surface area contributed by atoms with E-state index in [0.29, 0.717) is 29.2 Å². The van der Waals surface area contributed by atoms with Crippen molar-refractivity contribution < 1.29 is 4.74 Å². The third-order valence-corrected chi connectivity index (χ3v) is 5.16. The summed E-state index contributed by atoms with van der Waals surface area (Å²) in [6.45, 7) is 3.18. The number of aryl methyl sites for hydroxylation is 1. The number of hydrogen-bond donors (Lipinski definition) is 1. The van der Waals surface area contributed by atoms with Gasteiger partial charge in [0.15, 0.2) is 0 Å². The van der Waals surface area contributed by atoms with E-state index in [9.17, 15) is 4.79 Å². The first kappa shape index (κ1) is 16.6. The van der Waals surface area contributed by atoms with E-state index >= 15 is 0 Å². The number of rotatable bonds is 5. The molecule has 0 saturated heterocycles. The molecule has 0 saturated carbocycles. The Morgan fingerprint density at radius 1 is 1.19 bits per heavy atom. The third-order valence-electron chi connectivity index (χ3n) is 4.09. The minimum atomic E-state index is -0.107. The second kappa shape index (κ2) is 6.81. The third kappa shape index (κ3) is 2.83. The fraction of sp³-hybridized carbons (Fsp3) is 0.222. The molecule has 0 aliphatic rings. The molecule has 26 heavy (non-hydrogen) atoms. The summed E-state index contributed by atoms with van der Waals surface area (Å²) in [4.78, 5) is 26.9. The molecule has 0 spiro atoms. The van der Waals surface area contributed by atoms with E-state index in [0.717, 1.165) is 21.5 Å². The molecule has 0 aliphatic heterocycles. The highest BCUT2D eigenvalue weighted by Crippen LogP contribution is 2.32. The van der Waals surface area contributed by atoms with E-state index in [1.54, 1.807) is 18.0 Å². The number of nitrogens with one attached hydrogen (secondary N) is 1. The maximum absolute atomic E-state index is 13.0. The lowest BCUT2D eigenvalue weighted by Crippen LogP contribution is -2.17. The molecule has 3 aromatic heterocycles. The van der Waals surface area contributed by atoms with Crippen LogP contribution >= 0.6 is 11.3 Å². The molecule has 1 N–H and O–H groups in total. The Morgan fingerprint density at radius 2 is 2.00 bits per heavy atom. The van der Waals surface area contributed by atoms with Crippen molar-refractivity contribution in [2.24, 2.45) is 0 Å². The van der Waals surface area contributed by atoms with Crippen LogP contribution in [0.15, 0.2) is 41.7 Å². The summed E-state index contributed by atoms with van der Waals surface area (Å²) in [5, 5.41) is 4.00. The maximum Gasteiger partial charge on any atom is 0.275 e. The lowest BCUT2D eigenvalue weighted by molar-refractivity contribution is 0.210. The molecule has 3 heterocycles. The van der Waals surface area contributed by atoms with Crippen LogP contribution in [0, 0.1) is 6.92 Å². The molecule has 7 nitrogen and oxygen atoms in total. The average molecular weight is 367 g/mol. The monoisotopic (exact) mass is 367 g/mol. The fourth-order valence-corrected chi connectivity index (χ4v) is 3.78. The minimum Gasteiger partial charge on any atom is -0.383 e. The number of hydrogen-bond acceptors (Lipinski definition) is 7. The molecule has 0 bridgehead atoms. The van der Waals surface area contributed by atoms with Gasteiger partial charge in [-0.25, -0.2) is 15.0 Å². The SMILES string of the molecule is COCCNc1ncnc2sc3c(=O)n(-c4ccc(C)cc4)cnc3c12. The van der Waals surface area contributed by atoms with Gasteiger partial charge in [-0.3, -0.25) is 9.36 Å². The van der Waals surface area contributed by atoms with Crippen LogP contribution in [0.2, 0.25) is 0 Å². The number of aromatic nitrogens is 4. The van der Waals surface area contributed by atoms with Crippen molar-refractivity contribution in [2.75, 3.05) is 25.6 Å². The molecule has 0 radical (unpaired) electrons. The summed E-state index contributed by atoms with van der Waals surface area (Å²) in [5.74, 6) is 0.665. The Morgan fingerprint density at radius 3 is 2.77 bits per heavy atom. The van der Waals surface area contributed by atoms with Crippen LogP contribution in [0.3, 0.4) is 0 Å². The molecule has 4 rings (SSSR count). The number of ether oxygens (including phenoxy) is 1. The number of nitrogens with zero attached hydrogens (tertiary/aromatic N) is 4. The summed E-state index contributed by atoms with van der Waals surface area (Å²) >= 11 is 1.34. The Labute approximate surface area is 153 Å². The second-order valence-corrected chi connectivity index (χ2v) is 6.86. The molecule has 0 amide bonds. The molecule has 132 valence electrons. The first-order chi connectivity index (χ1) is 12.7. The van der Waals surface area contributed by atoms with Gasteiger partial charge in [0.2, 0.25) is 0 Å². The molecular formula is C18H17N5O2S. The molecule has 0 atom stereocenters. The lowest BCUT2D eigenvalue weighted by Gasteiger charge is -2.07. The van der Waals surface area contributed by atoms with Gasteiger partial charge in [-0.15, -0.1) is 11.3 Å². The summed E-state index contributed by atoms with van der Waals surface area (Å²) in [7, 11) is 1.65. The van der Waals surface area contributed by atoms with Gasteiger partial charge in [-0.2, -0.15) is 0 Å². The van der Waals surface area contributed by atoms with Crippen molar-refractivity contribution >= 4 is 37.6 Å². The summed E-state index contributed by atoms with van der Waals surface area (Å²) in [6.07, 6.45) is 3.05. The number of benzene rings is 1. The molecule has 0 aliphatic carbocycles. The molecule has 4 aromatic rings. The Balaban J connectivity index is 1.88. The number of thiophene rings is 1. The highest BCUT2D eigenvalue weighted by molar-refractivity contribution is 7.25. The van der Waals surface area contributed by atoms with Gasteiger partial charge in [0.05, 0.1) is 17.7 Å². The Kier molecular flexibility index (Phi) is 4.36. The van der Waals surface area contributed by atoms with Crippen LogP contribution in [0.5, 0.6) is 0 Å². The molecule has 0 fully saturated rings. The maximum atomic E-state index is 13.0. The summed E-state index contributed by atoms with van der Waals surface area (Å²) in [6, 6.07) is 7.77. The van der Waals surface area contributed by atoms with Gasteiger partial charge in [-0.1, -0.05) is 17.7 Å². The van der Waals surface area contributed by atoms with Crippen LogP contribution in [-0.4, -0.2) is 39.8 Å². The second-order valence-electron chi connectivity index (χ2n) is 5.86. The molecular weight excluding hydrogens is 350 g/mol. The van der Waals surface area contributed by atoms with E-state index in [1.807, 2.05) is 31.2 Å². The van der Waals surface area contributed by atoms with Gasteiger partial charge in [0.25, 0.3) is 5.56 Å². The standard InChI is InChI=1S/C18H17N5O2S/c1-11-3-5-12(6-4-11)23-10-22-14-13-16(19-7-8-25-2)20-9-21-17(13)26-15(14)18(23)24/h3-6,9-10H,7-8H2,1-2H3,(H,19,20,21). The highest BCUT2D eigenvalue weighted by atomic mass is 32.1. The van der Waals surface area contributed by atoms with Crippen LogP contribution < -0.4 is 10.9 Å². The van der Waals surface area contributed by atoms with E-state index in [-0.39, 0.29) is 5.56 Å². The Bertz CT molecular complexity index is 1130. The van der Waals surface area contributed by atoms with Gasteiger partial charge < -0.3 is 10.1 Å². The quantitative estimate of drug-likeness (QED) is 0.546. The first-order valence-corrected chi connectivity index (χ1v) is 8.95. The zero-order valence-electron chi connectivity index (χ0n) is 14.4. The number of methoxy groups -OCH3 is 1. The van der Waals surface area contributed by atoms with Crippen molar-refractivity contribution in [1.29, 1.82) is 0 Å². The van der Waals surface area contributed by atoms with Crippen molar-refractivity contribution in [3.8, 4) is 5.69 Å². The van der Waals surface area contributed by atoms with Crippen molar-refractivity contribution in [3.05, 3.63) is 52.8 Å². The van der Waals surface area contributed by atoms with Crippen molar-refractivity contribution in [2.45, 2.75) is 6.92 Å². The average Bonchev–Trinajstić information content (AvgIpc) is 3.04. The van der Waals surface area contributed by atoms with Gasteiger partial charge >= 0.3 is 0 Å². The van der Waals surface area contributed by atoms with Crippen LogP contribution in [0.25, 0.3) is 26.1 Å². The largest absolute Gasteiger partial charge is 0.383 e. The van der Waals surface area contributed by atoms with Crippen LogP contribution in [0.1, 0.15) is 5.56 Å². The molecule has 1 aromatic carbocycles. The number of anilines is 1. The minimum absolute atomic E-state index is 0.107. The highest BCUT2D eigenvalue weighted by Gasteiger charge is 2.16. The van der Waals surface area contributed by atoms with E-state index in [4.69, 9.17) is 4.74 Å². The van der Waals surface area contributed by atoms with E-state index < -0.39 is 0 Å². The predicted octanol–water partition coefficient (Wildman–Crippen LogP) is 2.76. The van der Waals surface area contributed by atoms with Crippen molar-refractivity contribution in [3.63, 3.8) is 0 Å². The van der Waals surface area contributed by atoms with E-state index in [2.05, 4.69) is 20.3 Å². The molecule has 0 unspecified atom stereocenters. The van der Waals surface area contributed by atoms with E-state index in [1.165, 1.54) is 17.7 Å². The zero-order valence-corrected chi connectivity index (χ0v) is 15.2. The normalized spacial score (nSPS) is 11.3. The van der Waals surface area contributed by atoms with Crippen LogP contribution in [-0.2, 0) is 4.74 Å². The zero-order chi connectivity index (χ0) is 18.1. The Hall–Kier alpha value is -2.84. The predicted molar refractivity (Wildman–Crippen MR) is 103 cm³/mol.